The van der Waals surface area contributed by atoms with E-state index in [4.69, 9.17) is 0 Å². The zero-order chi connectivity index (χ0) is 12.6. The van der Waals surface area contributed by atoms with E-state index in [9.17, 15) is 4.79 Å². The standard InChI is InChI=1S/C15H30O/c1-6-8-9-10-13(7-2)11-12-14(16)15(3,4)5/h13H,6-12H2,1-5H3. The lowest BCUT2D eigenvalue weighted by molar-refractivity contribution is -0.126. The summed E-state index contributed by atoms with van der Waals surface area (Å²) in [4.78, 5) is 11.8. The highest BCUT2D eigenvalue weighted by atomic mass is 16.1. The minimum Gasteiger partial charge on any atom is -0.299 e. The van der Waals surface area contributed by atoms with Crippen molar-refractivity contribution in [1.82, 2.24) is 0 Å². The predicted molar refractivity (Wildman–Crippen MR) is 71.6 cm³/mol. The van der Waals surface area contributed by atoms with E-state index < -0.39 is 0 Å². The average Bonchev–Trinajstić information content (AvgIpc) is 2.21. The van der Waals surface area contributed by atoms with E-state index in [0.717, 1.165) is 18.8 Å². The van der Waals surface area contributed by atoms with E-state index in [1.54, 1.807) is 0 Å². The van der Waals surface area contributed by atoms with Crippen molar-refractivity contribution in [3.63, 3.8) is 0 Å². The number of hydrogen-bond acceptors (Lipinski definition) is 1. The topological polar surface area (TPSA) is 17.1 Å². The van der Waals surface area contributed by atoms with Gasteiger partial charge >= 0.3 is 0 Å². The molecular formula is C15H30O. The maximum atomic E-state index is 11.8. The average molecular weight is 226 g/mol. The Balaban J connectivity index is 3.82. The van der Waals surface area contributed by atoms with Crippen LogP contribution < -0.4 is 0 Å². The Morgan fingerprint density at radius 3 is 2.12 bits per heavy atom. The van der Waals surface area contributed by atoms with Gasteiger partial charge in [0.2, 0.25) is 0 Å². The van der Waals surface area contributed by atoms with Crippen LogP contribution in [-0.2, 0) is 4.79 Å². The summed E-state index contributed by atoms with van der Waals surface area (Å²) in [5, 5.41) is 0. The molecule has 1 nitrogen and oxygen atoms in total. The fourth-order valence-corrected chi connectivity index (χ4v) is 1.95. The molecule has 0 saturated heterocycles. The quantitative estimate of drug-likeness (QED) is 0.533. The number of hydrogen-bond donors (Lipinski definition) is 0. The summed E-state index contributed by atoms with van der Waals surface area (Å²) in [6, 6.07) is 0. The molecule has 0 amide bonds. The highest BCUT2D eigenvalue weighted by molar-refractivity contribution is 5.83. The molecular weight excluding hydrogens is 196 g/mol. The third-order valence-electron chi connectivity index (χ3n) is 3.41. The molecule has 1 heteroatoms. The van der Waals surface area contributed by atoms with Crippen molar-refractivity contribution in [2.24, 2.45) is 11.3 Å². The van der Waals surface area contributed by atoms with E-state index >= 15 is 0 Å². The van der Waals surface area contributed by atoms with Crippen LogP contribution in [0.4, 0.5) is 0 Å². The molecule has 0 radical (unpaired) electrons. The smallest absolute Gasteiger partial charge is 0.138 e. The Bertz CT molecular complexity index is 188. The Hall–Kier alpha value is -0.330. The lowest BCUT2D eigenvalue weighted by atomic mass is 9.85. The summed E-state index contributed by atoms with van der Waals surface area (Å²) in [6.07, 6.45) is 8.35. The molecule has 0 aliphatic rings. The lowest BCUT2D eigenvalue weighted by Gasteiger charge is -2.19. The normalized spacial score (nSPS) is 13.8. The van der Waals surface area contributed by atoms with Crippen LogP contribution >= 0.6 is 0 Å². The molecule has 0 aromatic rings. The second-order valence-corrected chi connectivity index (χ2v) is 5.98. The van der Waals surface area contributed by atoms with Crippen LogP contribution in [0.15, 0.2) is 0 Å². The molecule has 0 rings (SSSR count). The monoisotopic (exact) mass is 226 g/mol. The van der Waals surface area contributed by atoms with Crippen molar-refractivity contribution < 1.29 is 4.79 Å². The first kappa shape index (κ1) is 15.7. The molecule has 16 heavy (non-hydrogen) atoms. The van der Waals surface area contributed by atoms with Crippen LogP contribution in [0, 0.1) is 11.3 Å². The maximum absolute atomic E-state index is 11.8. The molecule has 0 aromatic carbocycles. The number of ketones is 1. The summed E-state index contributed by atoms with van der Waals surface area (Å²) in [5.74, 6) is 1.18. The summed E-state index contributed by atoms with van der Waals surface area (Å²) in [5.41, 5.74) is -0.151. The molecule has 0 bridgehead atoms. The van der Waals surface area contributed by atoms with Crippen molar-refractivity contribution in [2.75, 3.05) is 0 Å². The summed E-state index contributed by atoms with van der Waals surface area (Å²) in [7, 11) is 0. The molecule has 0 spiro atoms. The van der Waals surface area contributed by atoms with E-state index in [0.29, 0.717) is 5.78 Å². The highest BCUT2D eigenvalue weighted by Gasteiger charge is 2.21. The Morgan fingerprint density at radius 1 is 1.06 bits per heavy atom. The first-order valence-electron chi connectivity index (χ1n) is 6.95. The van der Waals surface area contributed by atoms with Gasteiger partial charge in [0, 0.05) is 11.8 Å². The molecule has 0 saturated carbocycles. The van der Waals surface area contributed by atoms with Gasteiger partial charge in [-0.15, -0.1) is 0 Å². The molecule has 0 aromatic heterocycles. The van der Waals surface area contributed by atoms with Crippen molar-refractivity contribution in [3.05, 3.63) is 0 Å². The van der Waals surface area contributed by atoms with Gasteiger partial charge in [-0.3, -0.25) is 4.79 Å². The number of unbranched alkanes of at least 4 members (excludes halogenated alkanes) is 2. The third-order valence-corrected chi connectivity index (χ3v) is 3.41. The van der Waals surface area contributed by atoms with Crippen LogP contribution in [0.5, 0.6) is 0 Å². The molecule has 0 aliphatic heterocycles. The van der Waals surface area contributed by atoms with E-state index in [-0.39, 0.29) is 5.41 Å². The van der Waals surface area contributed by atoms with E-state index in [2.05, 4.69) is 13.8 Å². The SMILES string of the molecule is CCCCCC(CC)CCC(=O)C(C)(C)C. The second kappa shape index (κ2) is 7.86. The molecule has 0 fully saturated rings. The van der Waals surface area contributed by atoms with Gasteiger partial charge in [0.25, 0.3) is 0 Å². The maximum Gasteiger partial charge on any atom is 0.138 e. The Morgan fingerprint density at radius 2 is 1.69 bits per heavy atom. The highest BCUT2D eigenvalue weighted by Crippen LogP contribution is 2.23. The van der Waals surface area contributed by atoms with Crippen LogP contribution in [0.2, 0.25) is 0 Å². The molecule has 1 unspecified atom stereocenters. The summed E-state index contributed by atoms with van der Waals surface area (Å²) in [6.45, 7) is 10.6. The van der Waals surface area contributed by atoms with Gasteiger partial charge in [-0.1, -0.05) is 66.7 Å². The number of carbonyl (C=O) groups is 1. The molecule has 0 heterocycles. The molecule has 96 valence electrons. The van der Waals surface area contributed by atoms with Crippen molar-refractivity contribution >= 4 is 5.78 Å². The second-order valence-electron chi connectivity index (χ2n) is 5.98. The minimum absolute atomic E-state index is 0.151. The number of carbonyl (C=O) groups excluding carboxylic acids is 1. The van der Waals surface area contributed by atoms with Crippen molar-refractivity contribution in [3.8, 4) is 0 Å². The first-order chi connectivity index (χ1) is 7.41. The number of Topliss-reactive ketones (excluding diaryl/α,β-unsaturated/α-hetero) is 1. The summed E-state index contributed by atoms with van der Waals surface area (Å²) < 4.78 is 0. The van der Waals surface area contributed by atoms with Gasteiger partial charge < -0.3 is 0 Å². The van der Waals surface area contributed by atoms with Gasteiger partial charge in [-0.25, -0.2) is 0 Å². The van der Waals surface area contributed by atoms with Gasteiger partial charge in [0.1, 0.15) is 5.78 Å². The van der Waals surface area contributed by atoms with E-state index in [1.165, 1.54) is 32.1 Å². The Kier molecular flexibility index (Phi) is 7.70. The molecule has 0 N–H and O–H groups in total. The van der Waals surface area contributed by atoms with Gasteiger partial charge in [-0.2, -0.15) is 0 Å². The van der Waals surface area contributed by atoms with Crippen molar-refractivity contribution in [2.45, 2.75) is 79.6 Å². The zero-order valence-electron chi connectivity index (χ0n) is 11.9. The fraction of sp³-hybridized carbons (Fsp3) is 0.933. The zero-order valence-corrected chi connectivity index (χ0v) is 11.9. The van der Waals surface area contributed by atoms with E-state index in [1.807, 2.05) is 20.8 Å². The van der Waals surface area contributed by atoms with Crippen molar-refractivity contribution in [1.29, 1.82) is 0 Å². The molecule has 1 atom stereocenters. The van der Waals surface area contributed by atoms with Gasteiger partial charge in [-0.05, 0) is 12.3 Å². The third kappa shape index (κ3) is 7.03. The van der Waals surface area contributed by atoms with Crippen LogP contribution in [0.25, 0.3) is 0 Å². The largest absolute Gasteiger partial charge is 0.299 e. The van der Waals surface area contributed by atoms with Crippen LogP contribution in [0.3, 0.4) is 0 Å². The fourth-order valence-electron chi connectivity index (χ4n) is 1.95. The predicted octanol–water partition coefficient (Wildman–Crippen LogP) is 4.99. The minimum atomic E-state index is -0.151. The van der Waals surface area contributed by atoms with Crippen LogP contribution in [0.1, 0.15) is 79.6 Å². The Labute approximate surface area is 102 Å². The lowest BCUT2D eigenvalue weighted by Crippen LogP contribution is -2.20. The summed E-state index contributed by atoms with van der Waals surface area (Å²) >= 11 is 0. The van der Waals surface area contributed by atoms with Crippen LogP contribution in [-0.4, -0.2) is 5.78 Å². The molecule has 0 aliphatic carbocycles. The number of rotatable bonds is 8. The first-order valence-corrected chi connectivity index (χ1v) is 6.95. The van der Waals surface area contributed by atoms with Gasteiger partial charge in [0.05, 0.1) is 0 Å². The van der Waals surface area contributed by atoms with Gasteiger partial charge in [0.15, 0.2) is 0 Å².